The minimum absolute atomic E-state index is 0.0658. The molecule has 2 N–H and O–H groups in total. The SMILES string of the molecule is Cc1ccc(CC(N)CON2Cc3ccccc3C2)c(Cl)c1. The van der Waals surface area contributed by atoms with Crippen molar-refractivity contribution in [1.29, 1.82) is 0 Å². The molecule has 0 saturated heterocycles. The first-order chi connectivity index (χ1) is 10.6. The summed E-state index contributed by atoms with van der Waals surface area (Å²) < 4.78 is 0. The Hall–Kier alpha value is -1.39. The van der Waals surface area contributed by atoms with Crippen molar-refractivity contribution in [2.45, 2.75) is 32.5 Å². The zero-order valence-corrected chi connectivity index (χ0v) is 13.5. The summed E-state index contributed by atoms with van der Waals surface area (Å²) in [6, 6.07) is 14.4. The number of fused-ring (bicyclic) bond motifs is 1. The Morgan fingerprint density at radius 1 is 1.18 bits per heavy atom. The maximum Gasteiger partial charge on any atom is 0.0839 e. The summed E-state index contributed by atoms with van der Waals surface area (Å²) in [5.41, 5.74) is 11.1. The van der Waals surface area contributed by atoms with Gasteiger partial charge in [-0.2, -0.15) is 5.06 Å². The Balaban J connectivity index is 1.50. The van der Waals surface area contributed by atoms with Crippen LogP contribution >= 0.6 is 11.6 Å². The van der Waals surface area contributed by atoms with E-state index in [0.29, 0.717) is 6.61 Å². The topological polar surface area (TPSA) is 38.5 Å². The molecule has 0 amide bonds. The van der Waals surface area contributed by atoms with Crippen LogP contribution in [0.4, 0.5) is 0 Å². The molecule has 0 fully saturated rings. The van der Waals surface area contributed by atoms with Crippen molar-refractivity contribution in [1.82, 2.24) is 5.06 Å². The fourth-order valence-corrected chi connectivity index (χ4v) is 3.07. The Morgan fingerprint density at radius 2 is 1.86 bits per heavy atom. The van der Waals surface area contributed by atoms with Crippen LogP contribution in [-0.4, -0.2) is 17.7 Å². The Labute approximate surface area is 136 Å². The average molecular weight is 317 g/mol. The van der Waals surface area contributed by atoms with Gasteiger partial charge in [0, 0.05) is 24.2 Å². The van der Waals surface area contributed by atoms with Gasteiger partial charge >= 0.3 is 0 Å². The van der Waals surface area contributed by atoms with Gasteiger partial charge in [0.2, 0.25) is 0 Å². The van der Waals surface area contributed by atoms with Crippen LogP contribution in [0.2, 0.25) is 5.02 Å². The third kappa shape index (κ3) is 3.68. The fourth-order valence-electron chi connectivity index (χ4n) is 2.75. The zero-order valence-electron chi connectivity index (χ0n) is 12.8. The van der Waals surface area contributed by atoms with Crippen molar-refractivity contribution in [2.24, 2.45) is 5.73 Å². The second-order valence-corrected chi connectivity index (χ2v) is 6.33. The molecule has 0 bridgehead atoms. The summed E-state index contributed by atoms with van der Waals surface area (Å²) in [7, 11) is 0. The third-order valence-electron chi connectivity index (χ3n) is 3.97. The third-order valence-corrected chi connectivity index (χ3v) is 4.33. The van der Waals surface area contributed by atoms with Crippen LogP contribution in [0.1, 0.15) is 22.3 Å². The first-order valence-electron chi connectivity index (χ1n) is 7.57. The molecule has 4 heteroatoms. The fraction of sp³-hybridized carbons (Fsp3) is 0.333. The number of hydrogen-bond donors (Lipinski definition) is 1. The Morgan fingerprint density at radius 3 is 2.50 bits per heavy atom. The van der Waals surface area contributed by atoms with Crippen molar-refractivity contribution in [3.63, 3.8) is 0 Å². The maximum atomic E-state index is 6.25. The number of nitrogens with zero attached hydrogens (tertiary/aromatic N) is 1. The highest BCUT2D eigenvalue weighted by Crippen LogP contribution is 2.23. The highest BCUT2D eigenvalue weighted by molar-refractivity contribution is 6.31. The van der Waals surface area contributed by atoms with Crippen molar-refractivity contribution in [2.75, 3.05) is 6.61 Å². The summed E-state index contributed by atoms with van der Waals surface area (Å²) in [6.45, 7) is 4.18. The first-order valence-corrected chi connectivity index (χ1v) is 7.95. The van der Waals surface area contributed by atoms with Gasteiger partial charge in [0.1, 0.15) is 0 Å². The lowest BCUT2D eigenvalue weighted by Gasteiger charge is -2.19. The van der Waals surface area contributed by atoms with Gasteiger partial charge in [-0.3, -0.25) is 4.84 Å². The van der Waals surface area contributed by atoms with Crippen LogP contribution in [0.15, 0.2) is 42.5 Å². The predicted octanol–water partition coefficient (Wildman–Crippen LogP) is 3.47. The van der Waals surface area contributed by atoms with Crippen molar-refractivity contribution in [3.8, 4) is 0 Å². The molecule has 0 spiro atoms. The van der Waals surface area contributed by atoms with E-state index in [4.69, 9.17) is 22.2 Å². The lowest BCUT2D eigenvalue weighted by atomic mass is 10.1. The lowest BCUT2D eigenvalue weighted by molar-refractivity contribution is -0.169. The van der Waals surface area contributed by atoms with Crippen LogP contribution in [0, 0.1) is 6.92 Å². The molecule has 2 aromatic rings. The van der Waals surface area contributed by atoms with Crippen molar-refractivity contribution in [3.05, 3.63) is 69.7 Å². The number of rotatable bonds is 5. The van der Waals surface area contributed by atoms with Crippen molar-refractivity contribution < 1.29 is 4.84 Å². The van der Waals surface area contributed by atoms with E-state index in [9.17, 15) is 0 Å². The molecule has 116 valence electrons. The number of halogens is 1. The molecule has 1 unspecified atom stereocenters. The van der Waals surface area contributed by atoms with Crippen LogP contribution in [0.3, 0.4) is 0 Å². The van der Waals surface area contributed by atoms with Crippen LogP contribution < -0.4 is 5.73 Å². The first kappa shape index (κ1) is 15.5. The van der Waals surface area contributed by atoms with E-state index in [1.807, 2.05) is 24.1 Å². The molecule has 1 atom stereocenters. The van der Waals surface area contributed by atoms with E-state index >= 15 is 0 Å². The van der Waals surface area contributed by atoms with Crippen LogP contribution in [-0.2, 0) is 24.3 Å². The summed E-state index contributed by atoms with van der Waals surface area (Å²) in [4.78, 5) is 5.85. The van der Waals surface area contributed by atoms with E-state index in [0.717, 1.165) is 35.7 Å². The van der Waals surface area contributed by atoms with Gasteiger partial charge in [0.05, 0.1) is 6.61 Å². The quantitative estimate of drug-likeness (QED) is 0.918. The average Bonchev–Trinajstić information content (AvgIpc) is 2.91. The molecule has 3 rings (SSSR count). The normalized spacial score (nSPS) is 15.8. The molecule has 0 aromatic heterocycles. The van der Waals surface area contributed by atoms with Gasteiger partial charge in [0.15, 0.2) is 0 Å². The van der Waals surface area contributed by atoms with Gasteiger partial charge in [-0.25, -0.2) is 0 Å². The van der Waals surface area contributed by atoms with E-state index in [1.54, 1.807) is 0 Å². The lowest BCUT2D eigenvalue weighted by Crippen LogP contribution is -2.32. The molecule has 0 saturated carbocycles. The molecule has 0 aliphatic carbocycles. The van der Waals surface area contributed by atoms with Gasteiger partial charge in [-0.05, 0) is 41.7 Å². The Kier molecular flexibility index (Phi) is 4.79. The predicted molar refractivity (Wildman–Crippen MR) is 89.5 cm³/mol. The largest absolute Gasteiger partial charge is 0.325 e. The summed E-state index contributed by atoms with van der Waals surface area (Å²) in [6.07, 6.45) is 0.722. The second kappa shape index (κ2) is 6.80. The standard InChI is InChI=1S/C18H21ClN2O/c1-13-6-7-14(18(19)8-13)9-17(20)12-22-21-10-15-4-2-3-5-16(15)11-21/h2-8,17H,9-12,20H2,1H3. The number of aryl methyl sites for hydroxylation is 1. The van der Waals surface area contributed by atoms with Gasteiger partial charge in [0.25, 0.3) is 0 Å². The summed E-state index contributed by atoms with van der Waals surface area (Å²) in [5, 5.41) is 2.75. The number of hydrogen-bond acceptors (Lipinski definition) is 3. The monoisotopic (exact) mass is 316 g/mol. The summed E-state index contributed by atoms with van der Waals surface area (Å²) in [5.74, 6) is 0. The minimum atomic E-state index is -0.0658. The molecular formula is C18H21ClN2O. The highest BCUT2D eigenvalue weighted by atomic mass is 35.5. The molecule has 3 nitrogen and oxygen atoms in total. The number of hydroxylamine groups is 2. The smallest absolute Gasteiger partial charge is 0.0839 e. The van der Waals surface area contributed by atoms with E-state index in [-0.39, 0.29) is 6.04 Å². The summed E-state index contributed by atoms with van der Waals surface area (Å²) >= 11 is 6.25. The van der Waals surface area contributed by atoms with Gasteiger partial charge in [-0.1, -0.05) is 48.0 Å². The van der Waals surface area contributed by atoms with Gasteiger partial charge < -0.3 is 5.73 Å². The Bertz CT molecular complexity index is 634. The molecule has 2 aromatic carbocycles. The van der Waals surface area contributed by atoms with Crippen LogP contribution in [0.5, 0.6) is 0 Å². The number of nitrogens with two attached hydrogens (primary N) is 1. The second-order valence-electron chi connectivity index (χ2n) is 5.92. The van der Waals surface area contributed by atoms with Gasteiger partial charge in [-0.15, -0.1) is 0 Å². The molecule has 1 aliphatic heterocycles. The number of benzene rings is 2. The van der Waals surface area contributed by atoms with E-state index in [2.05, 4.69) is 30.3 Å². The van der Waals surface area contributed by atoms with E-state index < -0.39 is 0 Å². The maximum absolute atomic E-state index is 6.25. The molecule has 0 radical (unpaired) electrons. The zero-order chi connectivity index (χ0) is 15.5. The molecule has 1 aliphatic rings. The highest BCUT2D eigenvalue weighted by Gasteiger charge is 2.19. The molecule has 22 heavy (non-hydrogen) atoms. The minimum Gasteiger partial charge on any atom is -0.325 e. The van der Waals surface area contributed by atoms with Crippen molar-refractivity contribution >= 4 is 11.6 Å². The molecule has 1 heterocycles. The van der Waals surface area contributed by atoms with E-state index in [1.165, 1.54) is 11.1 Å². The van der Waals surface area contributed by atoms with Crippen LogP contribution in [0.25, 0.3) is 0 Å². The molecular weight excluding hydrogens is 296 g/mol.